The van der Waals surface area contributed by atoms with Gasteiger partial charge in [-0.1, -0.05) is 6.58 Å². The number of aromatic hydroxyl groups is 1. The lowest BCUT2D eigenvalue weighted by Gasteiger charge is -2.18. The lowest BCUT2D eigenvalue weighted by atomic mass is 10.2. The molecule has 1 unspecified atom stereocenters. The molecule has 0 saturated heterocycles. The highest BCUT2D eigenvalue weighted by molar-refractivity contribution is 5.92. The summed E-state index contributed by atoms with van der Waals surface area (Å²) in [7, 11) is 0. The summed E-state index contributed by atoms with van der Waals surface area (Å²) in [4.78, 5) is 22.6. The predicted molar refractivity (Wildman–Crippen MR) is 69.5 cm³/mol. The highest BCUT2D eigenvalue weighted by Crippen LogP contribution is 2.09. The van der Waals surface area contributed by atoms with Crippen LogP contribution in [0.3, 0.4) is 0 Å². The summed E-state index contributed by atoms with van der Waals surface area (Å²) in [5.41, 5.74) is 0.530. The Labute approximate surface area is 106 Å². The molecule has 0 aliphatic carbocycles. The molecule has 0 aliphatic heterocycles. The second-order valence-electron chi connectivity index (χ2n) is 4.42. The molecule has 1 rings (SSSR count). The van der Waals surface area contributed by atoms with Crippen LogP contribution in [0.4, 0.5) is 0 Å². The van der Waals surface area contributed by atoms with E-state index in [9.17, 15) is 14.7 Å². The van der Waals surface area contributed by atoms with E-state index in [2.05, 4.69) is 11.9 Å². The van der Waals surface area contributed by atoms with Crippen LogP contribution in [0.5, 0.6) is 5.75 Å². The second-order valence-corrected chi connectivity index (χ2v) is 4.42. The molecule has 5 heteroatoms. The van der Waals surface area contributed by atoms with E-state index < -0.39 is 5.43 Å². The van der Waals surface area contributed by atoms with Crippen LogP contribution in [0.25, 0.3) is 0 Å². The molecular weight excluding hydrogens is 232 g/mol. The Morgan fingerprint density at radius 1 is 1.61 bits per heavy atom. The van der Waals surface area contributed by atoms with Crippen molar-refractivity contribution in [1.82, 2.24) is 9.88 Å². The highest BCUT2D eigenvalue weighted by atomic mass is 16.3. The number of carbonyl (C=O) groups excluding carboxylic acids is 1. The molecule has 0 radical (unpaired) electrons. The molecule has 0 aliphatic rings. The summed E-state index contributed by atoms with van der Waals surface area (Å²) in [6.45, 7) is 9.17. The van der Waals surface area contributed by atoms with Crippen molar-refractivity contribution >= 4 is 5.91 Å². The first-order valence-corrected chi connectivity index (χ1v) is 5.68. The molecule has 1 amide bonds. The lowest BCUT2D eigenvalue weighted by Crippen LogP contribution is -2.36. The number of nitrogens with one attached hydrogen (secondary N) is 1. The number of amides is 1. The van der Waals surface area contributed by atoms with Crippen molar-refractivity contribution in [3.63, 3.8) is 0 Å². The van der Waals surface area contributed by atoms with Crippen LogP contribution < -0.4 is 10.7 Å². The second kappa shape index (κ2) is 5.53. The standard InChI is InChI=1S/C13H18N2O3/c1-8(2)13(18)14-9(3)7-15-6-5-11(16)12(17)10(15)4/h5-6,9,17H,1,7H2,2-4H3,(H,14,18). The van der Waals surface area contributed by atoms with Gasteiger partial charge >= 0.3 is 0 Å². The first kappa shape index (κ1) is 14.0. The van der Waals surface area contributed by atoms with Gasteiger partial charge in [0.15, 0.2) is 5.75 Å². The Hall–Kier alpha value is -2.04. The molecule has 5 nitrogen and oxygen atoms in total. The fourth-order valence-corrected chi connectivity index (χ4v) is 1.55. The molecule has 18 heavy (non-hydrogen) atoms. The van der Waals surface area contributed by atoms with E-state index in [-0.39, 0.29) is 17.7 Å². The largest absolute Gasteiger partial charge is 0.503 e. The molecule has 0 fully saturated rings. The molecule has 98 valence electrons. The van der Waals surface area contributed by atoms with E-state index in [0.717, 1.165) is 0 Å². The summed E-state index contributed by atoms with van der Waals surface area (Å²) in [5, 5.41) is 12.3. The molecule has 0 aromatic carbocycles. The Morgan fingerprint density at radius 2 is 2.22 bits per heavy atom. The van der Waals surface area contributed by atoms with Gasteiger partial charge in [-0.25, -0.2) is 0 Å². The maximum atomic E-state index is 11.4. The van der Waals surface area contributed by atoms with Crippen molar-refractivity contribution in [2.75, 3.05) is 0 Å². The van der Waals surface area contributed by atoms with Crippen molar-refractivity contribution in [2.45, 2.75) is 33.4 Å². The Bertz CT molecular complexity index is 532. The SMILES string of the molecule is C=C(C)C(=O)NC(C)Cn1ccc(=O)c(O)c1C. The minimum atomic E-state index is -0.401. The molecule has 2 N–H and O–H groups in total. The molecule has 1 aromatic rings. The fourth-order valence-electron chi connectivity index (χ4n) is 1.55. The minimum absolute atomic E-state index is 0.130. The van der Waals surface area contributed by atoms with Crippen LogP contribution in [0.15, 0.2) is 29.2 Å². The van der Waals surface area contributed by atoms with Gasteiger partial charge in [0.1, 0.15) is 0 Å². The first-order chi connectivity index (χ1) is 8.32. The van der Waals surface area contributed by atoms with Crippen molar-refractivity contribution < 1.29 is 9.90 Å². The van der Waals surface area contributed by atoms with Gasteiger partial charge < -0.3 is 15.0 Å². The monoisotopic (exact) mass is 250 g/mol. The maximum absolute atomic E-state index is 11.4. The van der Waals surface area contributed by atoms with Gasteiger partial charge in [0.05, 0.1) is 5.69 Å². The molecule has 0 bridgehead atoms. The topological polar surface area (TPSA) is 71.3 Å². The minimum Gasteiger partial charge on any atom is -0.503 e. The molecule has 1 heterocycles. The fraction of sp³-hybridized carbons (Fsp3) is 0.385. The maximum Gasteiger partial charge on any atom is 0.246 e. The van der Waals surface area contributed by atoms with Gasteiger partial charge in [-0.2, -0.15) is 0 Å². The van der Waals surface area contributed by atoms with E-state index in [1.165, 1.54) is 6.07 Å². The highest BCUT2D eigenvalue weighted by Gasteiger charge is 2.11. The normalized spacial score (nSPS) is 11.9. The van der Waals surface area contributed by atoms with Crippen LogP contribution >= 0.6 is 0 Å². The third kappa shape index (κ3) is 3.23. The average Bonchev–Trinajstić information content (AvgIpc) is 2.29. The van der Waals surface area contributed by atoms with Crippen LogP contribution in [0, 0.1) is 6.92 Å². The molecule has 1 atom stereocenters. The van der Waals surface area contributed by atoms with E-state index in [0.29, 0.717) is 17.8 Å². The summed E-state index contributed by atoms with van der Waals surface area (Å²) >= 11 is 0. The van der Waals surface area contributed by atoms with Gasteiger partial charge in [0, 0.05) is 30.4 Å². The molecular formula is C13H18N2O3. The zero-order valence-electron chi connectivity index (χ0n) is 10.9. The van der Waals surface area contributed by atoms with Crippen LogP contribution in [0.1, 0.15) is 19.5 Å². The summed E-state index contributed by atoms with van der Waals surface area (Å²) in [6.07, 6.45) is 1.60. The number of nitrogens with zero attached hydrogens (tertiary/aromatic N) is 1. The number of carbonyl (C=O) groups is 1. The smallest absolute Gasteiger partial charge is 0.246 e. The zero-order valence-corrected chi connectivity index (χ0v) is 10.9. The van der Waals surface area contributed by atoms with Gasteiger partial charge in [-0.15, -0.1) is 0 Å². The number of hydrogen-bond donors (Lipinski definition) is 2. The average molecular weight is 250 g/mol. The quantitative estimate of drug-likeness (QED) is 0.781. The van der Waals surface area contributed by atoms with Crippen LogP contribution in [-0.4, -0.2) is 21.6 Å². The molecule has 1 aromatic heterocycles. The zero-order chi connectivity index (χ0) is 13.9. The third-order valence-corrected chi connectivity index (χ3v) is 2.65. The van der Waals surface area contributed by atoms with Crippen LogP contribution in [-0.2, 0) is 11.3 Å². The Morgan fingerprint density at radius 3 is 2.78 bits per heavy atom. The summed E-state index contributed by atoms with van der Waals surface area (Å²) in [5.74, 6) is -0.457. The van der Waals surface area contributed by atoms with E-state index >= 15 is 0 Å². The number of hydrogen-bond acceptors (Lipinski definition) is 3. The van der Waals surface area contributed by atoms with Crippen molar-refractivity contribution in [1.29, 1.82) is 0 Å². The number of rotatable bonds is 4. The van der Waals surface area contributed by atoms with Gasteiger partial charge in [0.2, 0.25) is 11.3 Å². The van der Waals surface area contributed by atoms with E-state index in [4.69, 9.17) is 0 Å². The van der Waals surface area contributed by atoms with Crippen molar-refractivity contribution in [2.24, 2.45) is 0 Å². The van der Waals surface area contributed by atoms with E-state index in [1.54, 1.807) is 24.6 Å². The van der Waals surface area contributed by atoms with E-state index in [1.807, 2.05) is 6.92 Å². The first-order valence-electron chi connectivity index (χ1n) is 5.68. The lowest BCUT2D eigenvalue weighted by molar-refractivity contribution is -0.118. The van der Waals surface area contributed by atoms with Gasteiger partial charge in [-0.05, 0) is 20.8 Å². The summed E-state index contributed by atoms with van der Waals surface area (Å²) < 4.78 is 1.72. The predicted octanol–water partition coefficient (Wildman–Crippen LogP) is 0.943. The Kier molecular flexibility index (Phi) is 4.31. The third-order valence-electron chi connectivity index (χ3n) is 2.65. The van der Waals surface area contributed by atoms with Gasteiger partial charge in [-0.3, -0.25) is 9.59 Å². The number of aromatic nitrogens is 1. The molecule has 0 spiro atoms. The van der Waals surface area contributed by atoms with Crippen LogP contribution in [0.2, 0.25) is 0 Å². The van der Waals surface area contributed by atoms with Crippen molar-refractivity contribution in [3.8, 4) is 5.75 Å². The van der Waals surface area contributed by atoms with Gasteiger partial charge in [0.25, 0.3) is 0 Å². The Balaban J connectivity index is 2.80. The van der Waals surface area contributed by atoms with Crippen molar-refractivity contribution in [3.05, 3.63) is 40.3 Å². The molecule has 0 saturated carbocycles. The number of pyridine rings is 1. The summed E-state index contributed by atoms with van der Waals surface area (Å²) in [6, 6.07) is 1.17.